The average Bonchev–Trinajstić information content (AvgIpc) is 3.09. The van der Waals surface area contributed by atoms with Gasteiger partial charge < -0.3 is 10.6 Å². The van der Waals surface area contributed by atoms with E-state index >= 15 is 0 Å². The van der Waals surface area contributed by atoms with E-state index in [9.17, 15) is 18.0 Å². The van der Waals surface area contributed by atoms with Crippen LogP contribution < -0.4 is 10.6 Å². The zero-order valence-corrected chi connectivity index (χ0v) is 14.5. The van der Waals surface area contributed by atoms with Crippen LogP contribution in [0.1, 0.15) is 41.6 Å². The number of hydrogen-bond donors (Lipinski definition) is 2. The number of carbonyl (C=O) groups is 1. The lowest BCUT2D eigenvalue weighted by Crippen LogP contribution is -2.32. The topological polar surface area (TPSA) is 54.0 Å². The van der Waals surface area contributed by atoms with Crippen molar-refractivity contribution >= 4 is 29.0 Å². The molecule has 0 unspecified atom stereocenters. The van der Waals surface area contributed by atoms with Crippen LogP contribution in [0, 0.1) is 0 Å². The fourth-order valence-corrected chi connectivity index (χ4v) is 3.04. The molecule has 0 radical (unpaired) electrons. The second kappa shape index (κ2) is 7.53. The number of anilines is 2. The molecule has 26 heavy (non-hydrogen) atoms. The van der Waals surface area contributed by atoms with Crippen molar-refractivity contribution in [3.8, 4) is 0 Å². The van der Waals surface area contributed by atoms with Gasteiger partial charge in [0.25, 0.3) is 5.91 Å². The van der Waals surface area contributed by atoms with Gasteiger partial charge >= 0.3 is 6.18 Å². The molecule has 8 heteroatoms. The van der Waals surface area contributed by atoms with Gasteiger partial charge in [-0.15, -0.1) is 0 Å². The maximum absolute atomic E-state index is 12.8. The lowest BCUT2D eigenvalue weighted by Gasteiger charge is -2.13. The molecule has 2 aromatic rings. The fraction of sp³-hybridized carbons (Fsp3) is 0.333. The molecular formula is C18H17ClF3N3O. The Hall–Kier alpha value is -2.28. The van der Waals surface area contributed by atoms with Gasteiger partial charge in [-0.1, -0.05) is 24.4 Å². The van der Waals surface area contributed by atoms with Crippen LogP contribution in [0.15, 0.2) is 36.5 Å². The van der Waals surface area contributed by atoms with Crippen LogP contribution in [-0.2, 0) is 6.18 Å². The first-order chi connectivity index (χ1) is 12.3. The summed E-state index contributed by atoms with van der Waals surface area (Å²) in [7, 11) is 0. The zero-order chi connectivity index (χ0) is 18.7. The predicted molar refractivity (Wildman–Crippen MR) is 93.7 cm³/mol. The molecule has 1 aliphatic rings. The van der Waals surface area contributed by atoms with E-state index in [0.29, 0.717) is 11.4 Å². The highest BCUT2D eigenvalue weighted by molar-refractivity contribution is 6.33. The van der Waals surface area contributed by atoms with Crippen LogP contribution in [0.25, 0.3) is 0 Å². The summed E-state index contributed by atoms with van der Waals surface area (Å²) in [6.07, 6.45) is 1.11. The summed E-state index contributed by atoms with van der Waals surface area (Å²) in [5.41, 5.74) is -0.313. The maximum Gasteiger partial charge on any atom is 0.416 e. The highest BCUT2D eigenvalue weighted by Gasteiger charge is 2.31. The third-order valence-electron chi connectivity index (χ3n) is 4.27. The molecule has 0 bridgehead atoms. The molecule has 1 aliphatic carbocycles. The van der Waals surface area contributed by atoms with Crippen LogP contribution in [-0.4, -0.2) is 16.9 Å². The molecule has 1 aromatic heterocycles. The number of benzene rings is 1. The van der Waals surface area contributed by atoms with Gasteiger partial charge in [0.1, 0.15) is 5.82 Å². The molecule has 1 fully saturated rings. The highest BCUT2D eigenvalue weighted by Crippen LogP contribution is 2.34. The Labute approximate surface area is 153 Å². The molecule has 138 valence electrons. The first kappa shape index (κ1) is 18.5. The minimum absolute atomic E-state index is 0.0946. The summed E-state index contributed by atoms with van der Waals surface area (Å²) in [5, 5.41) is 5.84. The minimum Gasteiger partial charge on any atom is -0.349 e. The van der Waals surface area contributed by atoms with E-state index in [0.717, 1.165) is 37.8 Å². The number of amides is 1. The molecule has 2 N–H and O–H groups in total. The summed E-state index contributed by atoms with van der Waals surface area (Å²) < 4.78 is 38.4. The van der Waals surface area contributed by atoms with E-state index < -0.39 is 11.7 Å². The second-order valence-electron chi connectivity index (χ2n) is 6.20. The first-order valence-electron chi connectivity index (χ1n) is 8.23. The van der Waals surface area contributed by atoms with Gasteiger partial charge in [-0.3, -0.25) is 4.79 Å². The Kier molecular flexibility index (Phi) is 5.36. The van der Waals surface area contributed by atoms with Crippen LogP contribution >= 0.6 is 11.6 Å². The van der Waals surface area contributed by atoms with Crippen molar-refractivity contribution in [2.45, 2.75) is 37.9 Å². The van der Waals surface area contributed by atoms with Gasteiger partial charge in [-0.05, 0) is 43.2 Å². The van der Waals surface area contributed by atoms with Crippen molar-refractivity contribution in [1.29, 1.82) is 0 Å². The first-order valence-corrected chi connectivity index (χ1v) is 8.61. The van der Waals surface area contributed by atoms with E-state index in [1.165, 1.54) is 18.3 Å². The number of hydrogen-bond acceptors (Lipinski definition) is 3. The third-order valence-corrected chi connectivity index (χ3v) is 4.60. The Morgan fingerprint density at radius 2 is 1.88 bits per heavy atom. The molecular weight excluding hydrogens is 367 g/mol. The molecule has 0 aliphatic heterocycles. The SMILES string of the molecule is O=C(NC1CCCC1)c1ccc(Nc2cc(C(F)(F)F)ccc2Cl)nc1. The number of carbonyl (C=O) groups excluding carboxylic acids is 1. The van der Waals surface area contributed by atoms with Gasteiger partial charge in [0.15, 0.2) is 0 Å². The predicted octanol–water partition coefficient (Wildman–Crippen LogP) is 5.17. The standard InChI is InChI=1S/C18H17ClF3N3O/c19-14-7-6-12(18(20,21)22)9-15(14)25-16-8-5-11(10-23-16)17(26)24-13-3-1-2-4-13/h5-10,13H,1-4H2,(H,23,25)(H,24,26). The van der Waals surface area contributed by atoms with Crippen LogP contribution in [0.3, 0.4) is 0 Å². The minimum atomic E-state index is -4.46. The number of alkyl halides is 3. The Morgan fingerprint density at radius 1 is 1.15 bits per heavy atom. The zero-order valence-electron chi connectivity index (χ0n) is 13.7. The highest BCUT2D eigenvalue weighted by atomic mass is 35.5. The maximum atomic E-state index is 12.8. The van der Waals surface area contributed by atoms with E-state index in [2.05, 4.69) is 15.6 Å². The van der Waals surface area contributed by atoms with E-state index in [-0.39, 0.29) is 22.7 Å². The van der Waals surface area contributed by atoms with E-state index in [1.54, 1.807) is 6.07 Å². The summed E-state index contributed by atoms with van der Waals surface area (Å²) in [6.45, 7) is 0. The fourth-order valence-electron chi connectivity index (χ4n) is 2.88. The lowest BCUT2D eigenvalue weighted by atomic mass is 10.2. The van der Waals surface area contributed by atoms with Crippen molar-refractivity contribution in [2.75, 3.05) is 5.32 Å². The number of halogens is 4. The normalized spacial score (nSPS) is 15.1. The summed E-state index contributed by atoms with van der Waals surface area (Å²) >= 11 is 5.95. The van der Waals surface area contributed by atoms with Gasteiger partial charge in [0.2, 0.25) is 0 Å². The summed E-state index contributed by atoms with van der Waals surface area (Å²) in [4.78, 5) is 16.3. The summed E-state index contributed by atoms with van der Waals surface area (Å²) in [6, 6.07) is 6.31. The Morgan fingerprint density at radius 3 is 2.50 bits per heavy atom. The van der Waals surface area contributed by atoms with Crippen LogP contribution in [0.4, 0.5) is 24.7 Å². The molecule has 4 nitrogen and oxygen atoms in total. The second-order valence-corrected chi connectivity index (χ2v) is 6.61. The van der Waals surface area contributed by atoms with E-state index in [4.69, 9.17) is 11.6 Å². The quantitative estimate of drug-likeness (QED) is 0.765. The number of nitrogens with zero attached hydrogens (tertiary/aromatic N) is 1. The molecule has 0 spiro atoms. The molecule has 1 heterocycles. The number of rotatable bonds is 4. The third kappa shape index (κ3) is 4.46. The number of pyridine rings is 1. The van der Waals surface area contributed by atoms with Crippen LogP contribution in [0.2, 0.25) is 5.02 Å². The smallest absolute Gasteiger partial charge is 0.349 e. The summed E-state index contributed by atoms with van der Waals surface area (Å²) in [5.74, 6) is 0.0942. The monoisotopic (exact) mass is 383 g/mol. The van der Waals surface area contributed by atoms with Crippen molar-refractivity contribution in [3.63, 3.8) is 0 Å². The lowest BCUT2D eigenvalue weighted by molar-refractivity contribution is -0.137. The van der Waals surface area contributed by atoms with Gasteiger partial charge in [-0.25, -0.2) is 4.98 Å². The molecule has 0 atom stereocenters. The van der Waals surface area contributed by atoms with Gasteiger partial charge in [-0.2, -0.15) is 13.2 Å². The van der Waals surface area contributed by atoms with Crippen molar-refractivity contribution in [3.05, 3.63) is 52.7 Å². The number of aromatic nitrogens is 1. The van der Waals surface area contributed by atoms with Crippen molar-refractivity contribution in [2.24, 2.45) is 0 Å². The molecule has 0 saturated heterocycles. The largest absolute Gasteiger partial charge is 0.416 e. The van der Waals surface area contributed by atoms with Crippen molar-refractivity contribution < 1.29 is 18.0 Å². The van der Waals surface area contributed by atoms with Gasteiger partial charge in [0.05, 0.1) is 21.8 Å². The molecule has 1 aromatic carbocycles. The molecule has 3 rings (SSSR count). The molecule has 1 saturated carbocycles. The Balaban J connectivity index is 1.70. The average molecular weight is 384 g/mol. The van der Waals surface area contributed by atoms with Crippen LogP contribution in [0.5, 0.6) is 0 Å². The van der Waals surface area contributed by atoms with Gasteiger partial charge in [0, 0.05) is 12.2 Å². The molecule has 1 amide bonds. The van der Waals surface area contributed by atoms with E-state index in [1.807, 2.05) is 0 Å². The van der Waals surface area contributed by atoms with Crippen molar-refractivity contribution in [1.82, 2.24) is 10.3 Å². The Bertz CT molecular complexity index is 787. The number of nitrogens with one attached hydrogen (secondary N) is 2.